The Balaban J connectivity index is 2.39. The number of carbonyl (C=O) groups excluding carboxylic acids is 1. The SMILES string of the molecule is CCN(CC)CCCN(CC)CC1(C=O)CCCOC1. The Morgan fingerprint density at radius 3 is 2.25 bits per heavy atom. The topological polar surface area (TPSA) is 32.8 Å². The van der Waals surface area contributed by atoms with Crippen LogP contribution in [-0.2, 0) is 9.53 Å². The molecule has 118 valence electrons. The average molecular weight is 284 g/mol. The van der Waals surface area contributed by atoms with Crippen molar-refractivity contribution >= 4 is 6.29 Å². The Labute approximate surface area is 124 Å². The normalized spacial score (nSPS) is 23.4. The Morgan fingerprint density at radius 1 is 1.10 bits per heavy atom. The van der Waals surface area contributed by atoms with Gasteiger partial charge in [0.2, 0.25) is 0 Å². The number of rotatable bonds is 10. The van der Waals surface area contributed by atoms with E-state index in [4.69, 9.17) is 4.74 Å². The smallest absolute Gasteiger partial charge is 0.129 e. The zero-order chi connectivity index (χ0) is 14.8. The Bertz CT molecular complexity index is 261. The number of hydrogen-bond acceptors (Lipinski definition) is 4. The zero-order valence-electron chi connectivity index (χ0n) is 13.6. The van der Waals surface area contributed by atoms with E-state index in [1.807, 2.05) is 0 Å². The van der Waals surface area contributed by atoms with Crippen molar-refractivity contribution in [3.8, 4) is 0 Å². The molecule has 0 radical (unpaired) electrons. The first kappa shape index (κ1) is 17.6. The average Bonchev–Trinajstić information content (AvgIpc) is 2.51. The summed E-state index contributed by atoms with van der Waals surface area (Å²) in [6, 6.07) is 0. The fraction of sp³-hybridized carbons (Fsp3) is 0.938. The number of carbonyl (C=O) groups is 1. The fourth-order valence-corrected chi connectivity index (χ4v) is 2.98. The summed E-state index contributed by atoms with van der Waals surface area (Å²) in [5.41, 5.74) is -0.260. The largest absolute Gasteiger partial charge is 0.380 e. The van der Waals surface area contributed by atoms with Crippen molar-refractivity contribution in [2.24, 2.45) is 5.41 Å². The van der Waals surface area contributed by atoms with Crippen LogP contribution in [0, 0.1) is 5.41 Å². The molecular weight excluding hydrogens is 252 g/mol. The summed E-state index contributed by atoms with van der Waals surface area (Å²) < 4.78 is 5.53. The number of hydrogen-bond donors (Lipinski definition) is 0. The van der Waals surface area contributed by atoms with Gasteiger partial charge in [0.1, 0.15) is 6.29 Å². The lowest BCUT2D eigenvalue weighted by Gasteiger charge is -2.36. The minimum absolute atomic E-state index is 0.260. The van der Waals surface area contributed by atoms with E-state index in [-0.39, 0.29) is 5.41 Å². The van der Waals surface area contributed by atoms with Crippen molar-refractivity contribution in [3.63, 3.8) is 0 Å². The first-order valence-corrected chi connectivity index (χ1v) is 8.18. The molecule has 20 heavy (non-hydrogen) atoms. The summed E-state index contributed by atoms with van der Waals surface area (Å²) >= 11 is 0. The highest BCUT2D eigenvalue weighted by molar-refractivity contribution is 5.60. The molecule has 0 aromatic rings. The molecule has 1 atom stereocenters. The molecule has 0 aliphatic carbocycles. The van der Waals surface area contributed by atoms with E-state index in [0.29, 0.717) is 6.61 Å². The van der Waals surface area contributed by atoms with Gasteiger partial charge < -0.3 is 19.3 Å². The van der Waals surface area contributed by atoms with Crippen molar-refractivity contribution in [1.29, 1.82) is 0 Å². The van der Waals surface area contributed by atoms with Crippen molar-refractivity contribution in [2.75, 3.05) is 52.5 Å². The van der Waals surface area contributed by atoms with Gasteiger partial charge in [-0.05, 0) is 52.0 Å². The fourth-order valence-electron chi connectivity index (χ4n) is 2.98. The van der Waals surface area contributed by atoms with Crippen molar-refractivity contribution < 1.29 is 9.53 Å². The molecule has 1 aliphatic rings. The number of ether oxygens (including phenoxy) is 1. The molecule has 0 amide bonds. The van der Waals surface area contributed by atoms with Crippen LogP contribution in [0.1, 0.15) is 40.0 Å². The number of nitrogens with zero attached hydrogens (tertiary/aromatic N) is 2. The maximum absolute atomic E-state index is 11.5. The highest BCUT2D eigenvalue weighted by Crippen LogP contribution is 2.27. The highest BCUT2D eigenvalue weighted by atomic mass is 16.5. The zero-order valence-corrected chi connectivity index (χ0v) is 13.6. The van der Waals surface area contributed by atoms with Crippen LogP contribution in [0.4, 0.5) is 0 Å². The molecule has 1 saturated heterocycles. The Hall–Kier alpha value is -0.450. The second-order valence-corrected chi connectivity index (χ2v) is 5.89. The van der Waals surface area contributed by atoms with E-state index < -0.39 is 0 Å². The Kier molecular flexibility index (Phi) is 8.34. The second-order valence-electron chi connectivity index (χ2n) is 5.89. The minimum atomic E-state index is -0.260. The van der Waals surface area contributed by atoms with E-state index in [1.165, 1.54) is 6.42 Å². The molecule has 1 aliphatic heterocycles. The van der Waals surface area contributed by atoms with E-state index in [1.54, 1.807) is 0 Å². The van der Waals surface area contributed by atoms with Gasteiger partial charge in [-0.3, -0.25) is 0 Å². The van der Waals surface area contributed by atoms with Crippen LogP contribution in [0.2, 0.25) is 0 Å². The van der Waals surface area contributed by atoms with Crippen LogP contribution in [0.5, 0.6) is 0 Å². The van der Waals surface area contributed by atoms with E-state index >= 15 is 0 Å². The molecule has 0 spiro atoms. The summed E-state index contributed by atoms with van der Waals surface area (Å²) in [5.74, 6) is 0. The van der Waals surface area contributed by atoms with Crippen molar-refractivity contribution in [1.82, 2.24) is 9.80 Å². The molecule has 1 heterocycles. The summed E-state index contributed by atoms with van der Waals surface area (Å²) in [7, 11) is 0. The number of aldehydes is 1. The van der Waals surface area contributed by atoms with Crippen LogP contribution < -0.4 is 0 Å². The lowest BCUT2D eigenvalue weighted by atomic mass is 9.83. The molecule has 0 aromatic heterocycles. The van der Waals surface area contributed by atoms with Gasteiger partial charge in [0.05, 0.1) is 12.0 Å². The molecule has 4 nitrogen and oxygen atoms in total. The van der Waals surface area contributed by atoms with Gasteiger partial charge in [-0.1, -0.05) is 20.8 Å². The van der Waals surface area contributed by atoms with E-state index in [0.717, 1.165) is 65.0 Å². The lowest BCUT2D eigenvalue weighted by molar-refractivity contribution is -0.125. The lowest BCUT2D eigenvalue weighted by Crippen LogP contribution is -2.45. The molecule has 0 N–H and O–H groups in total. The minimum Gasteiger partial charge on any atom is -0.380 e. The quantitative estimate of drug-likeness (QED) is 0.575. The second kappa shape index (κ2) is 9.48. The first-order chi connectivity index (χ1) is 9.69. The van der Waals surface area contributed by atoms with E-state index in [9.17, 15) is 4.79 Å². The predicted molar refractivity (Wildman–Crippen MR) is 83.1 cm³/mol. The van der Waals surface area contributed by atoms with E-state index in [2.05, 4.69) is 30.6 Å². The van der Waals surface area contributed by atoms with Gasteiger partial charge in [-0.25, -0.2) is 0 Å². The molecular formula is C16H32N2O2. The third kappa shape index (κ3) is 5.51. The van der Waals surface area contributed by atoms with Gasteiger partial charge in [-0.2, -0.15) is 0 Å². The maximum atomic E-state index is 11.5. The van der Waals surface area contributed by atoms with Crippen LogP contribution in [0.3, 0.4) is 0 Å². The summed E-state index contributed by atoms with van der Waals surface area (Å²) in [6.07, 6.45) is 4.29. The third-order valence-electron chi connectivity index (χ3n) is 4.43. The maximum Gasteiger partial charge on any atom is 0.129 e. The Morgan fingerprint density at radius 2 is 1.75 bits per heavy atom. The van der Waals surface area contributed by atoms with Gasteiger partial charge in [0.25, 0.3) is 0 Å². The standard InChI is InChI=1S/C16H32N2O2/c1-4-17(5-2)10-8-11-18(6-3)13-16(14-19)9-7-12-20-15-16/h14H,4-13,15H2,1-3H3. The monoisotopic (exact) mass is 284 g/mol. The summed E-state index contributed by atoms with van der Waals surface area (Å²) in [5, 5.41) is 0. The van der Waals surface area contributed by atoms with Crippen molar-refractivity contribution in [2.45, 2.75) is 40.0 Å². The van der Waals surface area contributed by atoms with Crippen LogP contribution >= 0.6 is 0 Å². The molecule has 0 aromatic carbocycles. The van der Waals surface area contributed by atoms with Gasteiger partial charge in [0, 0.05) is 13.2 Å². The molecule has 0 bridgehead atoms. The predicted octanol–water partition coefficient (Wildman–Crippen LogP) is 2.04. The van der Waals surface area contributed by atoms with Crippen LogP contribution in [0.25, 0.3) is 0 Å². The van der Waals surface area contributed by atoms with Gasteiger partial charge in [-0.15, -0.1) is 0 Å². The van der Waals surface area contributed by atoms with Crippen LogP contribution in [-0.4, -0.2) is 68.6 Å². The first-order valence-electron chi connectivity index (χ1n) is 8.18. The molecule has 1 unspecified atom stereocenters. The molecule has 1 fully saturated rings. The summed E-state index contributed by atoms with van der Waals surface area (Å²) in [4.78, 5) is 16.4. The highest BCUT2D eigenvalue weighted by Gasteiger charge is 2.34. The third-order valence-corrected chi connectivity index (χ3v) is 4.43. The molecule has 0 saturated carbocycles. The molecule has 4 heteroatoms. The van der Waals surface area contributed by atoms with Gasteiger partial charge in [0.15, 0.2) is 0 Å². The van der Waals surface area contributed by atoms with Crippen LogP contribution in [0.15, 0.2) is 0 Å². The molecule has 1 rings (SSSR count). The summed E-state index contributed by atoms with van der Waals surface area (Å²) in [6.45, 7) is 14.3. The van der Waals surface area contributed by atoms with Crippen molar-refractivity contribution in [3.05, 3.63) is 0 Å². The van der Waals surface area contributed by atoms with Gasteiger partial charge >= 0.3 is 0 Å².